The highest BCUT2D eigenvalue weighted by atomic mass is 16.5. The van der Waals surface area contributed by atoms with Crippen LogP contribution >= 0.6 is 0 Å². The van der Waals surface area contributed by atoms with Crippen LogP contribution in [0.3, 0.4) is 0 Å². The van der Waals surface area contributed by atoms with Gasteiger partial charge in [0.25, 0.3) is 6.71 Å². The van der Waals surface area contributed by atoms with Crippen LogP contribution < -0.4 is 25.9 Å². The Bertz CT molecular complexity index is 1720. The molecular weight excluding hydrogens is 501 g/mol. The number of hydrogen-bond acceptors (Lipinski definition) is 3. The van der Waals surface area contributed by atoms with Gasteiger partial charge in [0, 0.05) is 17.2 Å². The van der Waals surface area contributed by atoms with E-state index in [4.69, 9.17) is 9.47 Å². The molecule has 0 atom stereocenters. The van der Waals surface area contributed by atoms with E-state index in [2.05, 4.69) is 119 Å². The first-order valence-electron chi connectivity index (χ1n) is 14.4. The predicted octanol–water partition coefficient (Wildman–Crippen LogP) is 7.74. The Labute approximate surface area is 243 Å². The lowest BCUT2D eigenvalue weighted by atomic mass is 9.34. The largest absolute Gasteiger partial charge is 0.458 e. The normalized spacial score (nSPS) is 13.5. The van der Waals surface area contributed by atoms with Gasteiger partial charge in [-0.1, -0.05) is 90.1 Å². The molecule has 0 radical (unpaired) electrons. The monoisotopic (exact) mass is 535 g/mol. The molecule has 2 aliphatic rings. The first kappa shape index (κ1) is 25.6. The first-order valence-corrected chi connectivity index (χ1v) is 14.4. The van der Waals surface area contributed by atoms with Gasteiger partial charge >= 0.3 is 0 Å². The SMILES string of the molecule is CC(C)(C)c1ccc2c(c1)B1c3cc(C(C)(C)C)ccc3Oc3cc(-c4cccc(-c5ccccn5)c4)cc(c31)O2. The highest BCUT2D eigenvalue weighted by Gasteiger charge is 2.41. The molecule has 7 rings (SSSR count). The van der Waals surface area contributed by atoms with Gasteiger partial charge < -0.3 is 9.47 Å². The second-order valence-electron chi connectivity index (χ2n) is 13.3. The van der Waals surface area contributed by atoms with E-state index in [1.165, 1.54) is 22.1 Å². The molecule has 5 aromatic rings. The van der Waals surface area contributed by atoms with E-state index in [0.29, 0.717) is 0 Å². The van der Waals surface area contributed by atoms with Crippen LogP contribution in [-0.4, -0.2) is 11.7 Å². The molecule has 0 saturated heterocycles. The molecule has 0 saturated carbocycles. The first-order chi connectivity index (χ1) is 19.6. The summed E-state index contributed by atoms with van der Waals surface area (Å²) in [5, 5.41) is 0. The van der Waals surface area contributed by atoms with Crippen molar-refractivity contribution in [2.75, 3.05) is 0 Å². The third-order valence-electron chi connectivity index (χ3n) is 8.36. The Hall–Kier alpha value is -4.31. The zero-order chi connectivity index (χ0) is 28.5. The van der Waals surface area contributed by atoms with Gasteiger partial charge in [-0.05, 0) is 86.5 Å². The lowest BCUT2D eigenvalue weighted by molar-refractivity contribution is 0.464. The van der Waals surface area contributed by atoms with E-state index >= 15 is 0 Å². The number of hydrogen-bond donors (Lipinski definition) is 0. The van der Waals surface area contributed by atoms with Gasteiger partial charge in [-0.15, -0.1) is 0 Å². The van der Waals surface area contributed by atoms with Crippen LogP contribution in [0.25, 0.3) is 22.4 Å². The molecule has 0 unspecified atom stereocenters. The van der Waals surface area contributed by atoms with Crippen molar-refractivity contribution in [3.05, 3.63) is 108 Å². The third-order valence-corrected chi connectivity index (χ3v) is 8.36. The lowest BCUT2D eigenvalue weighted by Gasteiger charge is -2.35. The van der Waals surface area contributed by atoms with E-state index in [1.807, 2.05) is 24.4 Å². The highest BCUT2D eigenvalue weighted by Crippen LogP contribution is 2.40. The molecule has 41 heavy (non-hydrogen) atoms. The number of rotatable bonds is 2. The summed E-state index contributed by atoms with van der Waals surface area (Å²) in [5.41, 5.74) is 10.3. The maximum Gasteiger partial charge on any atom is 0.260 e. The van der Waals surface area contributed by atoms with Crippen molar-refractivity contribution in [3.63, 3.8) is 0 Å². The Morgan fingerprint density at radius 1 is 0.537 bits per heavy atom. The van der Waals surface area contributed by atoms with Crippen molar-refractivity contribution in [3.8, 4) is 45.4 Å². The zero-order valence-corrected chi connectivity index (χ0v) is 24.6. The smallest absolute Gasteiger partial charge is 0.260 e. The van der Waals surface area contributed by atoms with Gasteiger partial charge in [0.2, 0.25) is 0 Å². The van der Waals surface area contributed by atoms with Gasteiger partial charge in [-0.2, -0.15) is 0 Å². The Morgan fingerprint density at radius 2 is 1.12 bits per heavy atom. The third kappa shape index (κ3) is 4.43. The molecule has 3 heterocycles. The number of aromatic nitrogens is 1. The minimum Gasteiger partial charge on any atom is -0.458 e. The Balaban J connectivity index is 1.42. The van der Waals surface area contributed by atoms with Crippen molar-refractivity contribution in [1.29, 1.82) is 0 Å². The molecule has 3 nitrogen and oxygen atoms in total. The predicted molar refractivity (Wildman–Crippen MR) is 170 cm³/mol. The molecule has 4 aromatic carbocycles. The Morgan fingerprint density at radius 3 is 1.66 bits per heavy atom. The van der Waals surface area contributed by atoms with Gasteiger partial charge in [0.05, 0.1) is 5.69 Å². The fraction of sp³-hybridized carbons (Fsp3) is 0.216. The van der Waals surface area contributed by atoms with Crippen molar-refractivity contribution < 1.29 is 9.47 Å². The molecule has 1 aromatic heterocycles. The van der Waals surface area contributed by atoms with Gasteiger partial charge in [0.1, 0.15) is 23.0 Å². The maximum atomic E-state index is 6.69. The topological polar surface area (TPSA) is 31.4 Å². The average Bonchev–Trinajstić information content (AvgIpc) is 2.96. The fourth-order valence-electron chi connectivity index (χ4n) is 6.00. The fourth-order valence-corrected chi connectivity index (χ4v) is 6.00. The molecule has 4 heteroatoms. The van der Waals surface area contributed by atoms with E-state index < -0.39 is 0 Å². The maximum absolute atomic E-state index is 6.69. The van der Waals surface area contributed by atoms with Crippen LogP contribution in [0.2, 0.25) is 0 Å². The number of fused-ring (bicyclic) bond motifs is 4. The van der Waals surface area contributed by atoms with Gasteiger partial charge in [-0.25, -0.2) is 0 Å². The summed E-state index contributed by atoms with van der Waals surface area (Å²) in [7, 11) is 0. The molecule has 0 amide bonds. The summed E-state index contributed by atoms with van der Waals surface area (Å²) in [6.07, 6.45) is 1.83. The van der Waals surface area contributed by atoms with Crippen LogP contribution in [0.15, 0.2) is 97.2 Å². The van der Waals surface area contributed by atoms with Crippen molar-refractivity contribution in [1.82, 2.24) is 4.98 Å². The number of pyridine rings is 1. The van der Waals surface area contributed by atoms with Gasteiger partial charge in [0.15, 0.2) is 0 Å². The minimum atomic E-state index is 0.0296. The molecule has 2 aliphatic heterocycles. The second kappa shape index (κ2) is 9.11. The van der Waals surface area contributed by atoms with Crippen LogP contribution in [0.1, 0.15) is 52.7 Å². The summed E-state index contributed by atoms with van der Waals surface area (Å²) >= 11 is 0. The van der Waals surface area contributed by atoms with Crippen LogP contribution in [0, 0.1) is 0 Å². The average molecular weight is 535 g/mol. The summed E-state index contributed by atoms with van der Waals surface area (Å²) in [5.74, 6) is 3.53. The quantitative estimate of drug-likeness (QED) is 0.212. The molecule has 0 aliphatic carbocycles. The van der Waals surface area contributed by atoms with E-state index in [9.17, 15) is 0 Å². The van der Waals surface area contributed by atoms with Crippen molar-refractivity contribution >= 4 is 23.1 Å². The van der Waals surface area contributed by atoms with E-state index in [0.717, 1.165) is 50.8 Å². The molecule has 0 N–H and O–H groups in total. The van der Waals surface area contributed by atoms with E-state index in [1.54, 1.807) is 0 Å². The van der Waals surface area contributed by atoms with Gasteiger partial charge in [-0.3, -0.25) is 4.98 Å². The van der Waals surface area contributed by atoms with Crippen LogP contribution in [0.5, 0.6) is 23.0 Å². The van der Waals surface area contributed by atoms with Crippen LogP contribution in [-0.2, 0) is 10.8 Å². The molecule has 202 valence electrons. The summed E-state index contributed by atoms with van der Waals surface area (Å²) < 4.78 is 13.4. The summed E-state index contributed by atoms with van der Waals surface area (Å²) in [4.78, 5) is 4.56. The number of ether oxygens (including phenoxy) is 2. The standard InChI is InChI=1S/C37H34BNO2/c1-36(2,3)26-13-15-31-28(21-26)38-29-22-27(37(4,5)6)14-16-32(29)41-34-20-25(19-33(40-31)35(34)38)23-10-9-11-24(18-23)30-12-7-8-17-39-30/h7-22H,1-6H3. The molecular formula is C37H34BNO2. The zero-order valence-electron chi connectivity index (χ0n) is 24.6. The highest BCUT2D eigenvalue weighted by molar-refractivity contribution is 6.98. The summed E-state index contributed by atoms with van der Waals surface area (Å²) in [6.45, 7) is 13.6. The minimum absolute atomic E-state index is 0.0296. The molecule has 0 fully saturated rings. The molecule has 0 bridgehead atoms. The van der Waals surface area contributed by atoms with E-state index in [-0.39, 0.29) is 17.5 Å². The lowest BCUT2D eigenvalue weighted by Crippen LogP contribution is -2.57. The number of nitrogens with zero attached hydrogens (tertiary/aromatic N) is 1. The van der Waals surface area contributed by atoms with Crippen molar-refractivity contribution in [2.45, 2.75) is 52.4 Å². The Kier molecular flexibility index (Phi) is 5.70. The molecule has 0 spiro atoms. The number of benzene rings is 4. The second-order valence-corrected chi connectivity index (χ2v) is 13.3. The summed E-state index contributed by atoms with van der Waals surface area (Å²) in [6, 6.07) is 32.2. The van der Waals surface area contributed by atoms with Crippen LogP contribution in [0.4, 0.5) is 0 Å². The van der Waals surface area contributed by atoms with Crippen molar-refractivity contribution in [2.24, 2.45) is 0 Å².